The summed E-state index contributed by atoms with van der Waals surface area (Å²) in [6, 6.07) is 9.51. The number of rotatable bonds is 5. The van der Waals surface area contributed by atoms with E-state index in [1.165, 1.54) is 0 Å². The molecule has 2 aromatic rings. The van der Waals surface area contributed by atoms with Gasteiger partial charge in [0.1, 0.15) is 5.69 Å². The van der Waals surface area contributed by atoms with Gasteiger partial charge in [-0.1, -0.05) is 19.1 Å². The van der Waals surface area contributed by atoms with Gasteiger partial charge in [0.25, 0.3) is 5.91 Å². The van der Waals surface area contributed by atoms with Gasteiger partial charge in [-0.15, -0.1) is 0 Å². The largest absolute Gasteiger partial charge is 0.399 e. The van der Waals surface area contributed by atoms with Gasteiger partial charge in [0.2, 0.25) is 0 Å². The van der Waals surface area contributed by atoms with E-state index in [0.29, 0.717) is 12.2 Å². The molecular formula is C15H20N4O. The number of aromatic nitrogens is 2. The van der Waals surface area contributed by atoms with Crippen LogP contribution in [0, 0.1) is 0 Å². The maximum atomic E-state index is 12.0. The number of nitrogens with two attached hydrogens (primary N) is 1. The van der Waals surface area contributed by atoms with Gasteiger partial charge in [0.15, 0.2) is 0 Å². The van der Waals surface area contributed by atoms with E-state index in [4.69, 9.17) is 5.73 Å². The van der Waals surface area contributed by atoms with E-state index in [1.54, 1.807) is 11.7 Å². The molecule has 0 saturated heterocycles. The SMILES string of the molecule is CCc1cc(C(=O)NCCc2ccc(N)cc2)n(C)n1. The van der Waals surface area contributed by atoms with Crippen LogP contribution >= 0.6 is 0 Å². The van der Waals surface area contributed by atoms with Crippen molar-refractivity contribution >= 4 is 11.6 Å². The Kier molecular flexibility index (Phi) is 4.40. The molecule has 0 bridgehead atoms. The highest BCUT2D eigenvalue weighted by atomic mass is 16.2. The quantitative estimate of drug-likeness (QED) is 0.811. The van der Waals surface area contributed by atoms with Crippen molar-refractivity contribution < 1.29 is 4.79 Å². The van der Waals surface area contributed by atoms with Crippen LogP contribution in [0.5, 0.6) is 0 Å². The van der Waals surface area contributed by atoms with Crippen molar-refractivity contribution in [2.24, 2.45) is 7.05 Å². The van der Waals surface area contributed by atoms with E-state index in [-0.39, 0.29) is 5.91 Å². The monoisotopic (exact) mass is 272 g/mol. The Hall–Kier alpha value is -2.30. The standard InChI is InChI=1S/C15H20N4O/c1-3-13-10-14(19(2)18-13)15(20)17-9-8-11-4-6-12(16)7-5-11/h4-7,10H,3,8-9,16H2,1-2H3,(H,17,20). The fraction of sp³-hybridized carbons (Fsp3) is 0.333. The van der Waals surface area contributed by atoms with Crippen LogP contribution < -0.4 is 11.1 Å². The lowest BCUT2D eigenvalue weighted by Gasteiger charge is -2.05. The van der Waals surface area contributed by atoms with Crippen molar-refractivity contribution in [3.63, 3.8) is 0 Å². The lowest BCUT2D eigenvalue weighted by Crippen LogP contribution is -2.27. The number of nitrogens with zero attached hydrogens (tertiary/aromatic N) is 2. The minimum Gasteiger partial charge on any atom is -0.399 e. The fourth-order valence-corrected chi connectivity index (χ4v) is 2.01. The Morgan fingerprint density at radius 2 is 2.05 bits per heavy atom. The van der Waals surface area contributed by atoms with Crippen molar-refractivity contribution in [1.82, 2.24) is 15.1 Å². The van der Waals surface area contributed by atoms with Gasteiger partial charge in [-0.25, -0.2) is 0 Å². The molecule has 5 heteroatoms. The second-order valence-corrected chi connectivity index (χ2v) is 4.75. The predicted molar refractivity (Wildman–Crippen MR) is 79.5 cm³/mol. The number of carbonyl (C=O) groups excluding carboxylic acids is 1. The van der Waals surface area contributed by atoms with Crippen molar-refractivity contribution in [2.75, 3.05) is 12.3 Å². The molecule has 0 radical (unpaired) electrons. The predicted octanol–water partition coefficient (Wildman–Crippen LogP) is 1.54. The minimum atomic E-state index is -0.0878. The molecule has 0 aliphatic heterocycles. The average Bonchev–Trinajstić information content (AvgIpc) is 2.82. The number of nitrogens with one attached hydrogen (secondary N) is 1. The molecule has 0 unspecified atom stereocenters. The van der Waals surface area contributed by atoms with Crippen LogP contribution in [0.2, 0.25) is 0 Å². The van der Waals surface area contributed by atoms with Crippen LogP contribution in [-0.4, -0.2) is 22.2 Å². The van der Waals surface area contributed by atoms with Gasteiger partial charge in [0.05, 0.1) is 5.69 Å². The topological polar surface area (TPSA) is 72.9 Å². The summed E-state index contributed by atoms with van der Waals surface area (Å²) in [5, 5.41) is 7.18. The molecule has 0 aliphatic carbocycles. The Morgan fingerprint density at radius 3 is 2.65 bits per heavy atom. The first kappa shape index (κ1) is 14.1. The van der Waals surface area contributed by atoms with Crippen LogP contribution in [0.3, 0.4) is 0 Å². The van der Waals surface area contributed by atoms with Crippen LogP contribution in [0.15, 0.2) is 30.3 Å². The van der Waals surface area contributed by atoms with Gasteiger partial charge in [-0.3, -0.25) is 9.48 Å². The van der Waals surface area contributed by atoms with Crippen LogP contribution in [0.25, 0.3) is 0 Å². The summed E-state index contributed by atoms with van der Waals surface area (Å²) in [5.41, 5.74) is 9.06. The molecule has 1 aromatic carbocycles. The highest BCUT2D eigenvalue weighted by Gasteiger charge is 2.11. The van der Waals surface area contributed by atoms with Crippen LogP contribution in [0.1, 0.15) is 28.7 Å². The molecule has 3 N–H and O–H groups in total. The second kappa shape index (κ2) is 6.23. The molecule has 2 rings (SSSR count). The van der Waals surface area contributed by atoms with Crippen LogP contribution in [0.4, 0.5) is 5.69 Å². The number of nitrogen functional groups attached to an aromatic ring is 1. The van der Waals surface area contributed by atoms with E-state index in [1.807, 2.05) is 37.3 Å². The van der Waals surface area contributed by atoms with E-state index in [9.17, 15) is 4.79 Å². The fourth-order valence-electron chi connectivity index (χ4n) is 2.01. The average molecular weight is 272 g/mol. The van der Waals surface area contributed by atoms with Gasteiger partial charge in [-0.2, -0.15) is 5.10 Å². The van der Waals surface area contributed by atoms with Gasteiger partial charge < -0.3 is 11.1 Å². The van der Waals surface area contributed by atoms with Crippen molar-refractivity contribution in [1.29, 1.82) is 0 Å². The summed E-state index contributed by atoms with van der Waals surface area (Å²) in [6.07, 6.45) is 1.61. The molecule has 0 atom stereocenters. The molecule has 0 fully saturated rings. The molecule has 0 spiro atoms. The number of anilines is 1. The van der Waals surface area contributed by atoms with Crippen LogP contribution in [-0.2, 0) is 19.9 Å². The third-order valence-electron chi connectivity index (χ3n) is 3.20. The van der Waals surface area contributed by atoms with E-state index >= 15 is 0 Å². The Morgan fingerprint density at radius 1 is 1.35 bits per heavy atom. The zero-order valence-electron chi connectivity index (χ0n) is 11.9. The smallest absolute Gasteiger partial charge is 0.269 e. The Balaban J connectivity index is 1.88. The second-order valence-electron chi connectivity index (χ2n) is 4.75. The zero-order chi connectivity index (χ0) is 14.5. The third-order valence-corrected chi connectivity index (χ3v) is 3.20. The maximum Gasteiger partial charge on any atom is 0.269 e. The number of amides is 1. The number of benzene rings is 1. The summed E-state index contributed by atoms with van der Waals surface area (Å²) in [5.74, 6) is -0.0878. The summed E-state index contributed by atoms with van der Waals surface area (Å²) < 4.78 is 1.62. The summed E-state index contributed by atoms with van der Waals surface area (Å²) in [6.45, 7) is 2.61. The first-order valence-corrected chi connectivity index (χ1v) is 6.75. The number of carbonyl (C=O) groups is 1. The van der Waals surface area contributed by atoms with Gasteiger partial charge >= 0.3 is 0 Å². The molecule has 106 valence electrons. The molecule has 5 nitrogen and oxygen atoms in total. The highest BCUT2D eigenvalue weighted by Crippen LogP contribution is 2.06. The number of aryl methyl sites for hydroxylation is 2. The molecule has 1 heterocycles. The Labute approximate surface area is 118 Å². The lowest BCUT2D eigenvalue weighted by atomic mass is 10.1. The van der Waals surface area contributed by atoms with Crippen molar-refractivity contribution in [3.05, 3.63) is 47.3 Å². The first-order chi connectivity index (χ1) is 9.60. The molecule has 1 amide bonds. The summed E-state index contributed by atoms with van der Waals surface area (Å²) >= 11 is 0. The number of hydrogen-bond donors (Lipinski definition) is 2. The Bertz CT molecular complexity index is 586. The van der Waals surface area contributed by atoms with E-state index in [2.05, 4.69) is 10.4 Å². The summed E-state index contributed by atoms with van der Waals surface area (Å²) in [7, 11) is 1.79. The number of hydrogen-bond acceptors (Lipinski definition) is 3. The van der Waals surface area contributed by atoms with Crippen molar-refractivity contribution in [3.8, 4) is 0 Å². The normalized spacial score (nSPS) is 10.5. The van der Waals surface area contributed by atoms with Gasteiger partial charge in [-0.05, 0) is 36.6 Å². The zero-order valence-corrected chi connectivity index (χ0v) is 11.9. The summed E-state index contributed by atoms with van der Waals surface area (Å²) in [4.78, 5) is 12.0. The van der Waals surface area contributed by atoms with Gasteiger partial charge in [0, 0.05) is 19.3 Å². The molecule has 20 heavy (non-hydrogen) atoms. The molecule has 0 saturated carbocycles. The third kappa shape index (κ3) is 3.38. The molecule has 0 aliphatic rings. The van der Waals surface area contributed by atoms with E-state index in [0.717, 1.165) is 29.8 Å². The minimum absolute atomic E-state index is 0.0878. The highest BCUT2D eigenvalue weighted by molar-refractivity contribution is 5.92. The molecular weight excluding hydrogens is 252 g/mol. The first-order valence-electron chi connectivity index (χ1n) is 6.75. The molecule has 1 aromatic heterocycles. The maximum absolute atomic E-state index is 12.0. The van der Waals surface area contributed by atoms with E-state index < -0.39 is 0 Å². The lowest BCUT2D eigenvalue weighted by molar-refractivity contribution is 0.0944. The van der Waals surface area contributed by atoms with Crippen molar-refractivity contribution in [2.45, 2.75) is 19.8 Å².